The normalized spacial score (nSPS) is 13.7. The van der Waals surface area contributed by atoms with E-state index in [2.05, 4.69) is 30.2 Å². The molecule has 4 rings (SSSR count). The Bertz CT molecular complexity index is 1400. The third-order valence-electron chi connectivity index (χ3n) is 5.36. The molecule has 210 valence electrons. The highest BCUT2D eigenvalue weighted by Gasteiger charge is 2.38. The Morgan fingerprint density at radius 1 is 1.03 bits per heavy atom. The lowest BCUT2D eigenvalue weighted by Gasteiger charge is -2.31. The van der Waals surface area contributed by atoms with Crippen molar-refractivity contribution in [3.63, 3.8) is 0 Å². The second-order valence-electron chi connectivity index (χ2n) is 8.20. The summed E-state index contributed by atoms with van der Waals surface area (Å²) >= 11 is 0. The molecular formula is C24H27F3N6O5S. The van der Waals surface area contributed by atoms with Gasteiger partial charge in [-0.25, -0.2) is 27.9 Å². The van der Waals surface area contributed by atoms with Crippen molar-refractivity contribution in [3.8, 4) is 0 Å². The molecule has 11 nitrogen and oxygen atoms in total. The van der Waals surface area contributed by atoms with E-state index in [1.807, 2.05) is 37.3 Å². The highest BCUT2D eigenvalue weighted by atomic mass is 32.2. The number of aryl methyl sites for hydroxylation is 1. The highest BCUT2D eigenvalue weighted by molar-refractivity contribution is 7.89. The summed E-state index contributed by atoms with van der Waals surface area (Å²) in [6.07, 6.45) is -3.62. The number of benzene rings is 2. The number of aliphatic carboxylic acids is 1. The summed E-state index contributed by atoms with van der Waals surface area (Å²) in [5, 5.41) is 13.7. The number of carboxylic acids is 1. The van der Waals surface area contributed by atoms with Crippen LogP contribution in [0.3, 0.4) is 0 Å². The predicted molar refractivity (Wildman–Crippen MR) is 139 cm³/mol. The van der Waals surface area contributed by atoms with Crippen molar-refractivity contribution in [2.45, 2.75) is 18.0 Å². The highest BCUT2D eigenvalue weighted by Crippen LogP contribution is 2.32. The van der Waals surface area contributed by atoms with Crippen molar-refractivity contribution in [1.82, 2.24) is 14.7 Å². The summed E-state index contributed by atoms with van der Waals surface area (Å²) in [6.45, 7) is 4.70. The van der Waals surface area contributed by atoms with Crippen LogP contribution < -0.4 is 20.3 Å². The van der Waals surface area contributed by atoms with Crippen molar-refractivity contribution in [2.24, 2.45) is 0 Å². The second kappa shape index (κ2) is 12.7. The summed E-state index contributed by atoms with van der Waals surface area (Å²) < 4.78 is 64.3. The van der Waals surface area contributed by atoms with Crippen molar-refractivity contribution >= 4 is 44.7 Å². The van der Waals surface area contributed by atoms with Crippen molar-refractivity contribution in [3.05, 3.63) is 60.4 Å². The van der Waals surface area contributed by atoms with E-state index in [-0.39, 0.29) is 4.90 Å². The fraction of sp³-hybridized carbons (Fsp3) is 0.292. The number of hydrogen-bond acceptors (Lipinski definition) is 9. The first kappa shape index (κ1) is 29.6. The van der Waals surface area contributed by atoms with Gasteiger partial charge in [0, 0.05) is 24.8 Å². The van der Waals surface area contributed by atoms with Gasteiger partial charge in [-0.3, -0.25) is 0 Å². The van der Waals surface area contributed by atoms with Gasteiger partial charge in [0.15, 0.2) is 0 Å². The number of anilines is 5. The maximum atomic E-state index is 12.4. The molecule has 0 atom stereocenters. The number of nitrogens with zero attached hydrogens (tertiary/aromatic N) is 3. The van der Waals surface area contributed by atoms with Gasteiger partial charge in [0.05, 0.1) is 29.5 Å². The molecule has 0 unspecified atom stereocenters. The number of ether oxygens (including phenoxy) is 1. The van der Waals surface area contributed by atoms with Crippen LogP contribution in [0.5, 0.6) is 0 Å². The zero-order valence-corrected chi connectivity index (χ0v) is 21.8. The van der Waals surface area contributed by atoms with Crippen LogP contribution in [-0.2, 0) is 19.6 Å². The topological polar surface area (TPSA) is 146 Å². The van der Waals surface area contributed by atoms with E-state index >= 15 is 0 Å². The Labute approximate surface area is 223 Å². The van der Waals surface area contributed by atoms with E-state index in [1.165, 1.54) is 13.4 Å². The maximum Gasteiger partial charge on any atom is 0.490 e. The number of rotatable bonds is 7. The third kappa shape index (κ3) is 8.53. The molecule has 0 bridgehead atoms. The minimum Gasteiger partial charge on any atom is -0.475 e. The van der Waals surface area contributed by atoms with Crippen molar-refractivity contribution < 1.29 is 36.2 Å². The average Bonchev–Trinajstić information content (AvgIpc) is 2.89. The molecule has 0 saturated carbocycles. The number of hydrogen-bond donors (Lipinski definition) is 4. The molecule has 1 saturated heterocycles. The fourth-order valence-corrected chi connectivity index (χ4v) is 4.24. The molecule has 1 fully saturated rings. The maximum absolute atomic E-state index is 12.4. The fourth-order valence-electron chi connectivity index (χ4n) is 3.48. The number of carbonyl (C=O) groups is 1. The number of aromatic nitrogens is 2. The van der Waals surface area contributed by atoms with E-state index in [9.17, 15) is 21.6 Å². The van der Waals surface area contributed by atoms with Crippen LogP contribution in [0.25, 0.3) is 0 Å². The minimum absolute atomic E-state index is 0.173. The molecule has 2 heterocycles. The number of morpholine rings is 1. The van der Waals surface area contributed by atoms with Crippen LogP contribution in [0.2, 0.25) is 0 Å². The van der Waals surface area contributed by atoms with Crippen LogP contribution >= 0.6 is 0 Å². The lowest BCUT2D eigenvalue weighted by atomic mass is 10.2. The van der Waals surface area contributed by atoms with Crippen LogP contribution in [0.15, 0.2) is 59.8 Å². The number of nitrogens with one attached hydrogen (secondary N) is 3. The van der Waals surface area contributed by atoms with Crippen LogP contribution in [0, 0.1) is 6.92 Å². The standard InChI is InChI=1S/C22H26N6O3S.C2HF3O2/c1-16-4-3-5-17(12-16)26-21-14-22(25-15-24-21)27-19-13-18(32(29,30)23-2)6-7-20(19)28-8-10-31-11-9-28;3-2(4,5)1(6)7/h3-7,12-15,23H,8-11H2,1-2H3,(H2,24,25,26,27);(H,6,7). The number of halogens is 3. The predicted octanol–water partition coefficient (Wildman–Crippen LogP) is 3.65. The van der Waals surface area contributed by atoms with Gasteiger partial charge in [0.2, 0.25) is 10.0 Å². The average molecular weight is 569 g/mol. The van der Waals surface area contributed by atoms with Gasteiger partial charge in [-0.1, -0.05) is 12.1 Å². The van der Waals surface area contributed by atoms with Gasteiger partial charge in [-0.2, -0.15) is 13.2 Å². The summed E-state index contributed by atoms with van der Waals surface area (Å²) in [4.78, 5) is 19.8. The molecule has 3 aromatic rings. The summed E-state index contributed by atoms with van der Waals surface area (Å²) in [5.74, 6) is -1.59. The third-order valence-corrected chi connectivity index (χ3v) is 6.77. The van der Waals surface area contributed by atoms with Crippen LogP contribution in [-0.4, -0.2) is 69.0 Å². The summed E-state index contributed by atoms with van der Waals surface area (Å²) in [5.41, 5.74) is 3.59. The summed E-state index contributed by atoms with van der Waals surface area (Å²) in [7, 11) is -2.20. The van der Waals surface area contributed by atoms with E-state index in [4.69, 9.17) is 14.6 Å². The zero-order valence-electron chi connectivity index (χ0n) is 21.0. The Hall–Kier alpha value is -3.95. The lowest BCUT2D eigenvalue weighted by molar-refractivity contribution is -0.192. The van der Waals surface area contributed by atoms with Crippen molar-refractivity contribution in [1.29, 1.82) is 0 Å². The molecule has 1 aliphatic rings. The van der Waals surface area contributed by atoms with Gasteiger partial charge in [0.25, 0.3) is 0 Å². The smallest absolute Gasteiger partial charge is 0.475 e. The molecule has 2 aromatic carbocycles. The Morgan fingerprint density at radius 3 is 2.26 bits per heavy atom. The Morgan fingerprint density at radius 2 is 1.67 bits per heavy atom. The monoisotopic (exact) mass is 568 g/mol. The summed E-state index contributed by atoms with van der Waals surface area (Å²) in [6, 6.07) is 14.8. The first-order chi connectivity index (χ1) is 18.4. The minimum atomic E-state index is -5.08. The van der Waals surface area contributed by atoms with Gasteiger partial charge in [0.1, 0.15) is 18.0 Å². The molecule has 0 amide bonds. The molecule has 0 spiro atoms. The molecule has 0 aliphatic carbocycles. The first-order valence-corrected chi connectivity index (χ1v) is 13.0. The molecular weight excluding hydrogens is 541 g/mol. The van der Waals surface area contributed by atoms with Crippen molar-refractivity contribution in [2.75, 3.05) is 48.9 Å². The second-order valence-corrected chi connectivity index (χ2v) is 10.1. The molecule has 39 heavy (non-hydrogen) atoms. The number of alkyl halides is 3. The molecule has 0 radical (unpaired) electrons. The van der Waals surface area contributed by atoms with Gasteiger partial charge in [-0.05, 0) is 49.9 Å². The van der Waals surface area contributed by atoms with Crippen LogP contribution in [0.4, 0.5) is 41.9 Å². The molecule has 1 aromatic heterocycles. The quantitative estimate of drug-likeness (QED) is 0.333. The Kier molecular flexibility index (Phi) is 9.66. The van der Waals surface area contributed by atoms with Crippen LogP contribution in [0.1, 0.15) is 5.56 Å². The van der Waals surface area contributed by atoms with E-state index < -0.39 is 22.2 Å². The number of carboxylic acid groups (broad SMARTS) is 1. The van der Waals surface area contributed by atoms with E-state index in [0.717, 1.165) is 30.0 Å². The van der Waals surface area contributed by atoms with E-state index in [0.29, 0.717) is 30.5 Å². The van der Waals surface area contributed by atoms with Gasteiger partial charge < -0.3 is 25.4 Å². The lowest BCUT2D eigenvalue weighted by Crippen LogP contribution is -2.36. The van der Waals surface area contributed by atoms with E-state index in [1.54, 1.807) is 18.2 Å². The first-order valence-electron chi connectivity index (χ1n) is 11.5. The van der Waals surface area contributed by atoms with Gasteiger partial charge in [-0.15, -0.1) is 0 Å². The number of sulfonamides is 1. The zero-order chi connectivity index (χ0) is 28.6. The Balaban J connectivity index is 0.000000532. The molecule has 1 aliphatic heterocycles. The largest absolute Gasteiger partial charge is 0.490 e. The molecule has 15 heteroatoms. The SMILES string of the molecule is CNS(=O)(=O)c1ccc(N2CCOCC2)c(Nc2cc(Nc3cccc(C)c3)ncn2)c1.O=C(O)C(F)(F)F. The van der Waals surface area contributed by atoms with Gasteiger partial charge >= 0.3 is 12.1 Å². The molecule has 4 N–H and O–H groups in total.